The number of hydrogen-bond acceptors (Lipinski definition) is 1. The van der Waals surface area contributed by atoms with Crippen molar-refractivity contribution in [3.05, 3.63) is 41.7 Å². The van der Waals surface area contributed by atoms with E-state index in [2.05, 4.69) is 4.98 Å². The number of rotatable bonds is 1. The molecule has 14 heavy (non-hydrogen) atoms. The first-order valence-electron chi connectivity index (χ1n) is 4.33. The third-order valence-corrected chi connectivity index (χ3v) is 2.10. The number of alkyl halides is 2. The minimum Gasteiger partial charge on any atom is -0.251 e. The van der Waals surface area contributed by atoms with Crippen LogP contribution in [0.15, 0.2) is 30.3 Å². The lowest BCUT2D eigenvalue weighted by atomic mass is 10.1. The second-order valence-corrected chi connectivity index (χ2v) is 3.17. The number of hydrogen-bond donors (Lipinski definition) is 0. The SMILES string of the molecule is Cc1cc2ccccc2c(C(F)F)n1. The zero-order chi connectivity index (χ0) is 10.1. The van der Waals surface area contributed by atoms with Crippen LogP contribution in [-0.2, 0) is 0 Å². The molecule has 0 aliphatic carbocycles. The van der Waals surface area contributed by atoms with Crippen molar-refractivity contribution in [3.63, 3.8) is 0 Å². The maximum absolute atomic E-state index is 12.6. The van der Waals surface area contributed by atoms with Gasteiger partial charge < -0.3 is 0 Å². The molecule has 2 rings (SSSR count). The number of aryl methyl sites for hydroxylation is 1. The van der Waals surface area contributed by atoms with Gasteiger partial charge in [0.15, 0.2) is 0 Å². The molecule has 0 aliphatic heterocycles. The Labute approximate surface area is 80.4 Å². The molecule has 0 N–H and O–H groups in total. The molecule has 0 radical (unpaired) electrons. The summed E-state index contributed by atoms with van der Waals surface area (Å²) < 4.78 is 25.2. The lowest BCUT2D eigenvalue weighted by Crippen LogP contribution is -1.94. The molecular formula is C11H9F2N. The van der Waals surface area contributed by atoms with Crippen molar-refractivity contribution in [1.29, 1.82) is 0 Å². The normalized spacial score (nSPS) is 11.1. The smallest absolute Gasteiger partial charge is 0.251 e. The molecule has 1 nitrogen and oxygen atoms in total. The number of nitrogens with zero attached hydrogens (tertiary/aromatic N) is 1. The highest BCUT2D eigenvalue weighted by molar-refractivity contribution is 5.85. The Morgan fingerprint density at radius 2 is 1.93 bits per heavy atom. The van der Waals surface area contributed by atoms with E-state index in [0.717, 1.165) is 5.39 Å². The summed E-state index contributed by atoms with van der Waals surface area (Å²) >= 11 is 0. The average molecular weight is 193 g/mol. The Kier molecular flexibility index (Phi) is 2.15. The minimum absolute atomic E-state index is 0.124. The summed E-state index contributed by atoms with van der Waals surface area (Å²) in [6.07, 6.45) is -2.51. The van der Waals surface area contributed by atoms with Crippen molar-refractivity contribution in [2.24, 2.45) is 0 Å². The Hall–Kier alpha value is -1.51. The van der Waals surface area contributed by atoms with E-state index in [1.165, 1.54) is 0 Å². The maximum atomic E-state index is 12.6. The molecule has 2 aromatic rings. The molecule has 1 aromatic carbocycles. The Balaban J connectivity index is 2.80. The van der Waals surface area contributed by atoms with Gasteiger partial charge in [0, 0.05) is 11.1 Å². The van der Waals surface area contributed by atoms with Gasteiger partial charge in [-0.15, -0.1) is 0 Å². The van der Waals surface area contributed by atoms with Crippen LogP contribution in [0.1, 0.15) is 17.8 Å². The third kappa shape index (κ3) is 1.45. The second kappa shape index (κ2) is 3.33. The Morgan fingerprint density at radius 3 is 2.64 bits per heavy atom. The highest BCUT2D eigenvalue weighted by Crippen LogP contribution is 2.26. The van der Waals surface area contributed by atoms with Gasteiger partial charge in [0.1, 0.15) is 5.69 Å². The van der Waals surface area contributed by atoms with E-state index in [1.54, 1.807) is 25.1 Å². The summed E-state index contributed by atoms with van der Waals surface area (Å²) in [4.78, 5) is 3.85. The lowest BCUT2D eigenvalue weighted by Gasteiger charge is -2.05. The molecule has 72 valence electrons. The molecule has 0 saturated heterocycles. The highest BCUT2D eigenvalue weighted by atomic mass is 19.3. The summed E-state index contributed by atoms with van der Waals surface area (Å²) in [5, 5.41) is 1.35. The number of fused-ring (bicyclic) bond motifs is 1. The summed E-state index contributed by atoms with van der Waals surface area (Å²) in [6, 6.07) is 8.86. The number of aromatic nitrogens is 1. The van der Waals surface area contributed by atoms with Crippen molar-refractivity contribution < 1.29 is 8.78 Å². The van der Waals surface area contributed by atoms with Gasteiger partial charge >= 0.3 is 0 Å². The zero-order valence-electron chi connectivity index (χ0n) is 7.67. The Morgan fingerprint density at radius 1 is 1.21 bits per heavy atom. The van der Waals surface area contributed by atoms with Crippen LogP contribution in [0.2, 0.25) is 0 Å². The maximum Gasteiger partial charge on any atom is 0.280 e. The fraction of sp³-hybridized carbons (Fsp3) is 0.182. The van der Waals surface area contributed by atoms with Gasteiger partial charge in [0.05, 0.1) is 0 Å². The van der Waals surface area contributed by atoms with Crippen molar-refractivity contribution in [2.75, 3.05) is 0 Å². The second-order valence-electron chi connectivity index (χ2n) is 3.17. The lowest BCUT2D eigenvalue weighted by molar-refractivity contribution is 0.148. The van der Waals surface area contributed by atoms with E-state index < -0.39 is 6.43 Å². The molecule has 0 spiro atoms. The molecule has 3 heteroatoms. The molecule has 1 aromatic heterocycles. The highest BCUT2D eigenvalue weighted by Gasteiger charge is 2.13. The molecule has 0 amide bonds. The number of benzene rings is 1. The van der Waals surface area contributed by atoms with E-state index >= 15 is 0 Å². The largest absolute Gasteiger partial charge is 0.280 e. The predicted molar refractivity (Wildman–Crippen MR) is 51.4 cm³/mol. The van der Waals surface area contributed by atoms with Crippen molar-refractivity contribution >= 4 is 10.8 Å². The van der Waals surface area contributed by atoms with E-state index in [9.17, 15) is 8.78 Å². The van der Waals surface area contributed by atoms with Crippen LogP contribution in [-0.4, -0.2) is 4.98 Å². The average Bonchev–Trinajstić information content (AvgIpc) is 2.16. The monoisotopic (exact) mass is 193 g/mol. The third-order valence-electron chi connectivity index (χ3n) is 2.10. The predicted octanol–water partition coefficient (Wildman–Crippen LogP) is 3.48. The molecule has 0 aliphatic rings. The van der Waals surface area contributed by atoms with Crippen molar-refractivity contribution in [1.82, 2.24) is 4.98 Å². The Bertz CT molecular complexity index is 466. The van der Waals surface area contributed by atoms with Crippen molar-refractivity contribution in [3.8, 4) is 0 Å². The molecule has 0 saturated carbocycles. The summed E-state index contributed by atoms with van der Waals surface area (Å²) in [5.74, 6) is 0. The van der Waals surface area contributed by atoms with Gasteiger partial charge in [0.2, 0.25) is 0 Å². The van der Waals surface area contributed by atoms with Gasteiger partial charge in [-0.1, -0.05) is 24.3 Å². The van der Waals surface area contributed by atoms with E-state index in [0.29, 0.717) is 11.1 Å². The first kappa shape index (κ1) is 9.06. The van der Waals surface area contributed by atoms with Gasteiger partial charge in [-0.3, -0.25) is 4.98 Å². The fourth-order valence-electron chi connectivity index (χ4n) is 1.53. The van der Waals surface area contributed by atoms with Gasteiger partial charge in [-0.2, -0.15) is 0 Å². The number of halogens is 2. The van der Waals surface area contributed by atoms with Crippen LogP contribution in [0.4, 0.5) is 8.78 Å². The fourth-order valence-corrected chi connectivity index (χ4v) is 1.53. The molecule has 0 fully saturated rings. The quantitative estimate of drug-likeness (QED) is 0.675. The van der Waals surface area contributed by atoms with Crippen LogP contribution in [0, 0.1) is 6.92 Å². The van der Waals surface area contributed by atoms with Crippen LogP contribution >= 0.6 is 0 Å². The summed E-state index contributed by atoms with van der Waals surface area (Å²) in [5.41, 5.74) is 0.500. The summed E-state index contributed by atoms with van der Waals surface area (Å²) in [6.45, 7) is 1.72. The van der Waals surface area contributed by atoms with Gasteiger partial charge in [-0.25, -0.2) is 8.78 Å². The topological polar surface area (TPSA) is 12.9 Å². The molecular weight excluding hydrogens is 184 g/mol. The van der Waals surface area contributed by atoms with Crippen LogP contribution in [0.5, 0.6) is 0 Å². The van der Waals surface area contributed by atoms with Gasteiger partial charge in [0.25, 0.3) is 6.43 Å². The first-order valence-corrected chi connectivity index (χ1v) is 4.33. The molecule has 0 atom stereocenters. The minimum atomic E-state index is -2.51. The molecule has 0 bridgehead atoms. The van der Waals surface area contributed by atoms with Crippen LogP contribution in [0.3, 0.4) is 0 Å². The molecule has 0 unspecified atom stereocenters. The van der Waals surface area contributed by atoms with Crippen LogP contribution in [0.25, 0.3) is 10.8 Å². The van der Waals surface area contributed by atoms with Gasteiger partial charge in [-0.05, 0) is 18.4 Å². The van der Waals surface area contributed by atoms with Crippen LogP contribution < -0.4 is 0 Å². The summed E-state index contributed by atoms with van der Waals surface area (Å²) in [7, 11) is 0. The molecule has 1 heterocycles. The standard InChI is InChI=1S/C11H9F2N/c1-7-6-8-4-2-3-5-9(8)10(14-7)11(12)13/h2-6,11H,1H3. The van der Waals surface area contributed by atoms with Crippen molar-refractivity contribution in [2.45, 2.75) is 13.3 Å². The number of pyridine rings is 1. The van der Waals surface area contributed by atoms with E-state index in [4.69, 9.17) is 0 Å². The van der Waals surface area contributed by atoms with E-state index in [1.807, 2.05) is 12.1 Å². The zero-order valence-corrected chi connectivity index (χ0v) is 7.67. The van der Waals surface area contributed by atoms with E-state index in [-0.39, 0.29) is 5.69 Å². The first-order chi connectivity index (χ1) is 6.68.